The SMILES string of the molecule is CC(=O)NCCc1c[nH]c2ccc(OC3CC(O)CC(COC(=O)c4ccccc4N)O3)cc12. The van der Waals surface area contributed by atoms with E-state index in [0.29, 0.717) is 42.8 Å². The van der Waals surface area contributed by atoms with Crippen molar-refractivity contribution in [1.29, 1.82) is 0 Å². The Hall–Kier alpha value is -3.56. The highest BCUT2D eigenvalue weighted by molar-refractivity contribution is 5.95. The van der Waals surface area contributed by atoms with Gasteiger partial charge in [0.25, 0.3) is 0 Å². The van der Waals surface area contributed by atoms with E-state index in [1.165, 1.54) is 6.92 Å². The number of amides is 1. The first kappa shape index (κ1) is 23.6. The second kappa shape index (κ2) is 10.6. The lowest BCUT2D eigenvalue weighted by Crippen LogP contribution is -2.41. The summed E-state index contributed by atoms with van der Waals surface area (Å²) in [5.41, 5.74) is 8.48. The molecule has 1 amide bonds. The van der Waals surface area contributed by atoms with E-state index in [0.717, 1.165) is 16.5 Å². The van der Waals surface area contributed by atoms with Crippen molar-refractivity contribution in [3.05, 3.63) is 59.8 Å². The molecule has 34 heavy (non-hydrogen) atoms. The Morgan fingerprint density at radius 3 is 2.85 bits per heavy atom. The van der Waals surface area contributed by atoms with Crippen LogP contribution >= 0.6 is 0 Å². The number of hydrogen-bond donors (Lipinski definition) is 4. The van der Waals surface area contributed by atoms with Crippen molar-refractivity contribution in [2.45, 2.75) is 44.7 Å². The maximum absolute atomic E-state index is 12.3. The van der Waals surface area contributed by atoms with Crippen molar-refractivity contribution in [3.63, 3.8) is 0 Å². The Labute approximate surface area is 197 Å². The Morgan fingerprint density at radius 1 is 1.24 bits per heavy atom. The molecule has 9 heteroatoms. The number of hydrogen-bond acceptors (Lipinski definition) is 7. The summed E-state index contributed by atoms with van der Waals surface area (Å²) in [4.78, 5) is 26.7. The van der Waals surface area contributed by atoms with Crippen LogP contribution in [0.1, 0.15) is 35.7 Å². The first-order chi connectivity index (χ1) is 16.4. The first-order valence-electron chi connectivity index (χ1n) is 11.3. The van der Waals surface area contributed by atoms with Gasteiger partial charge in [0.2, 0.25) is 12.2 Å². The number of para-hydroxylation sites is 1. The minimum absolute atomic E-state index is 0.0196. The van der Waals surface area contributed by atoms with E-state index < -0.39 is 24.5 Å². The zero-order chi connectivity index (χ0) is 24.1. The number of nitrogens with one attached hydrogen (secondary N) is 2. The number of H-pyrrole nitrogens is 1. The van der Waals surface area contributed by atoms with Crippen molar-refractivity contribution in [2.24, 2.45) is 0 Å². The number of benzene rings is 2. The number of rotatable bonds is 8. The van der Waals surface area contributed by atoms with E-state index >= 15 is 0 Å². The fraction of sp³-hybridized carbons (Fsp3) is 0.360. The number of aliphatic hydroxyl groups excluding tert-OH is 1. The van der Waals surface area contributed by atoms with E-state index in [1.54, 1.807) is 24.3 Å². The summed E-state index contributed by atoms with van der Waals surface area (Å²) in [7, 11) is 0. The lowest BCUT2D eigenvalue weighted by molar-refractivity contribution is -0.185. The van der Waals surface area contributed by atoms with E-state index in [2.05, 4.69) is 10.3 Å². The average molecular weight is 468 g/mol. The predicted octanol–water partition coefficient (Wildman–Crippen LogP) is 2.53. The van der Waals surface area contributed by atoms with Crippen molar-refractivity contribution in [2.75, 3.05) is 18.9 Å². The van der Waals surface area contributed by atoms with Gasteiger partial charge in [-0.1, -0.05) is 12.1 Å². The van der Waals surface area contributed by atoms with Gasteiger partial charge in [0.05, 0.1) is 17.8 Å². The molecule has 4 rings (SSSR count). The molecule has 0 bridgehead atoms. The lowest BCUT2D eigenvalue weighted by Gasteiger charge is -2.32. The zero-order valence-electron chi connectivity index (χ0n) is 19.0. The highest BCUT2D eigenvalue weighted by Gasteiger charge is 2.31. The molecule has 1 aromatic heterocycles. The highest BCUT2D eigenvalue weighted by atomic mass is 16.7. The summed E-state index contributed by atoms with van der Waals surface area (Å²) in [5, 5.41) is 14.1. The fourth-order valence-electron chi connectivity index (χ4n) is 4.02. The van der Waals surface area contributed by atoms with Crippen molar-refractivity contribution >= 4 is 28.5 Å². The first-order valence-corrected chi connectivity index (χ1v) is 11.3. The standard InChI is InChI=1S/C25H29N3O6/c1-15(29)27-9-8-16-13-28-23-7-6-18(12-21(16)23)33-24-11-17(30)10-19(34-24)14-32-25(31)20-4-2-3-5-22(20)26/h2-7,12-13,17,19,24,28,30H,8-11,14,26H2,1H3,(H,27,29). The molecule has 1 aliphatic rings. The molecule has 1 saturated heterocycles. The highest BCUT2D eigenvalue weighted by Crippen LogP contribution is 2.28. The maximum Gasteiger partial charge on any atom is 0.340 e. The van der Waals surface area contributed by atoms with Gasteiger partial charge in [-0.2, -0.15) is 0 Å². The Balaban J connectivity index is 1.37. The van der Waals surface area contributed by atoms with Crippen LogP contribution in [0.15, 0.2) is 48.7 Å². The number of nitrogen functional groups attached to an aromatic ring is 1. The van der Waals surface area contributed by atoms with Crippen LogP contribution in [0.4, 0.5) is 5.69 Å². The van der Waals surface area contributed by atoms with Crippen molar-refractivity contribution in [1.82, 2.24) is 10.3 Å². The van der Waals surface area contributed by atoms with Gasteiger partial charge in [-0.15, -0.1) is 0 Å². The molecular formula is C25H29N3O6. The fourth-order valence-corrected chi connectivity index (χ4v) is 4.02. The Kier molecular flexibility index (Phi) is 7.34. The van der Waals surface area contributed by atoms with Crippen LogP contribution in [-0.2, 0) is 20.7 Å². The molecule has 3 aromatic rings. The van der Waals surface area contributed by atoms with E-state index in [9.17, 15) is 14.7 Å². The third-order valence-electron chi connectivity index (χ3n) is 5.70. The van der Waals surface area contributed by atoms with Crippen LogP contribution in [0.5, 0.6) is 5.75 Å². The number of ether oxygens (including phenoxy) is 3. The lowest BCUT2D eigenvalue weighted by atomic mass is 10.1. The third kappa shape index (κ3) is 5.86. The average Bonchev–Trinajstić information content (AvgIpc) is 3.19. The third-order valence-corrected chi connectivity index (χ3v) is 5.70. The van der Waals surface area contributed by atoms with Crippen LogP contribution in [0.2, 0.25) is 0 Å². The van der Waals surface area contributed by atoms with Crippen molar-refractivity contribution < 1.29 is 28.9 Å². The van der Waals surface area contributed by atoms with Crippen molar-refractivity contribution in [3.8, 4) is 5.75 Å². The van der Waals surface area contributed by atoms with Crippen LogP contribution < -0.4 is 15.8 Å². The number of aliphatic hydroxyl groups is 1. The minimum Gasteiger partial charge on any atom is -0.465 e. The number of aromatic nitrogens is 1. The van der Waals surface area contributed by atoms with Crippen LogP contribution in [0.25, 0.3) is 10.9 Å². The van der Waals surface area contributed by atoms with Gasteiger partial charge >= 0.3 is 5.97 Å². The van der Waals surface area contributed by atoms with Crippen LogP contribution in [-0.4, -0.2) is 53.6 Å². The smallest absolute Gasteiger partial charge is 0.340 e. The summed E-state index contributed by atoms with van der Waals surface area (Å²) >= 11 is 0. The Bertz CT molecular complexity index is 1160. The predicted molar refractivity (Wildman–Crippen MR) is 126 cm³/mol. The molecule has 0 saturated carbocycles. The van der Waals surface area contributed by atoms with E-state index in [1.807, 2.05) is 24.4 Å². The van der Waals surface area contributed by atoms with Crippen LogP contribution in [0.3, 0.4) is 0 Å². The minimum atomic E-state index is -0.687. The summed E-state index contributed by atoms with van der Waals surface area (Å²) in [6.45, 7) is 2.01. The molecule has 180 valence electrons. The molecule has 5 N–H and O–H groups in total. The molecule has 1 fully saturated rings. The normalized spacial score (nSPS) is 20.1. The number of nitrogens with two attached hydrogens (primary N) is 1. The topological polar surface area (TPSA) is 136 Å². The number of fused-ring (bicyclic) bond motifs is 1. The van der Waals surface area contributed by atoms with E-state index in [4.69, 9.17) is 19.9 Å². The summed E-state index contributed by atoms with van der Waals surface area (Å²) in [5.74, 6) is -0.00643. The van der Waals surface area contributed by atoms with E-state index in [-0.39, 0.29) is 12.5 Å². The van der Waals surface area contributed by atoms with Gasteiger partial charge in [0.15, 0.2) is 0 Å². The monoisotopic (exact) mass is 467 g/mol. The molecule has 1 aliphatic heterocycles. The molecule has 0 aliphatic carbocycles. The van der Waals surface area contributed by atoms with Gasteiger partial charge in [-0.25, -0.2) is 4.79 Å². The Morgan fingerprint density at radius 2 is 2.06 bits per heavy atom. The van der Waals surface area contributed by atoms with Gasteiger partial charge in [0.1, 0.15) is 12.4 Å². The van der Waals surface area contributed by atoms with Gasteiger partial charge < -0.3 is 35.4 Å². The van der Waals surface area contributed by atoms with Gasteiger partial charge in [-0.05, 0) is 42.3 Å². The zero-order valence-corrected chi connectivity index (χ0v) is 19.0. The summed E-state index contributed by atoms with van der Waals surface area (Å²) in [6.07, 6.45) is 1.40. The maximum atomic E-state index is 12.3. The number of aromatic amines is 1. The summed E-state index contributed by atoms with van der Waals surface area (Å²) in [6, 6.07) is 12.3. The molecule has 9 nitrogen and oxygen atoms in total. The number of carbonyl (C=O) groups excluding carboxylic acids is 2. The molecule has 0 radical (unpaired) electrons. The largest absolute Gasteiger partial charge is 0.465 e. The number of anilines is 1. The molecule has 3 unspecified atom stereocenters. The molecule has 0 spiro atoms. The second-order valence-corrected chi connectivity index (χ2v) is 8.37. The number of carbonyl (C=O) groups is 2. The molecule has 2 aromatic carbocycles. The second-order valence-electron chi connectivity index (χ2n) is 8.37. The molecule has 3 atom stereocenters. The van der Waals surface area contributed by atoms with Gasteiger partial charge in [-0.3, -0.25) is 4.79 Å². The quantitative estimate of drug-likeness (QED) is 0.295. The molecular weight excluding hydrogens is 438 g/mol. The molecule has 2 heterocycles. The van der Waals surface area contributed by atoms with Gasteiger partial charge in [0, 0.05) is 49.1 Å². The van der Waals surface area contributed by atoms with Crippen LogP contribution in [0, 0.1) is 0 Å². The number of esters is 1. The summed E-state index contributed by atoms with van der Waals surface area (Å²) < 4.78 is 17.3.